The monoisotopic (exact) mass is 294 g/mol. The molecule has 1 aliphatic rings. The maximum Gasteiger partial charge on any atom is 0.282 e. The predicted molar refractivity (Wildman–Crippen MR) is 79.0 cm³/mol. The van der Waals surface area contributed by atoms with Crippen LogP contribution in [0.15, 0.2) is 30.3 Å². The van der Waals surface area contributed by atoms with Crippen molar-refractivity contribution in [3.8, 4) is 5.75 Å². The Morgan fingerprint density at radius 1 is 1.35 bits per heavy atom. The van der Waals surface area contributed by atoms with E-state index in [1.165, 1.54) is 11.8 Å². The van der Waals surface area contributed by atoms with Crippen molar-refractivity contribution in [1.82, 2.24) is 10.2 Å². The molecule has 0 saturated carbocycles. The summed E-state index contributed by atoms with van der Waals surface area (Å²) >= 11 is 1.26. The number of thioether (sulfide) groups is 1. The number of carbonyl (C=O) groups is 2. The van der Waals surface area contributed by atoms with Crippen molar-refractivity contribution in [2.75, 3.05) is 32.0 Å². The first-order valence-electron chi connectivity index (χ1n) is 6.62. The number of nitrogens with one attached hydrogen (secondary N) is 1. The Kier molecular flexibility index (Phi) is 5.73. The van der Waals surface area contributed by atoms with Gasteiger partial charge in [-0.25, -0.2) is 0 Å². The summed E-state index contributed by atoms with van der Waals surface area (Å²) in [5, 5.41) is 2.79. The largest absolute Gasteiger partial charge is 0.494 e. The first-order chi connectivity index (χ1) is 9.75. The Labute approximate surface area is 122 Å². The molecule has 108 valence electrons. The quantitative estimate of drug-likeness (QED) is 0.778. The second-order valence-electron chi connectivity index (χ2n) is 4.40. The summed E-state index contributed by atoms with van der Waals surface area (Å²) in [7, 11) is 0. The molecule has 1 aromatic rings. The second kappa shape index (κ2) is 7.79. The second-order valence-corrected chi connectivity index (χ2v) is 5.45. The van der Waals surface area contributed by atoms with Crippen molar-refractivity contribution in [2.45, 2.75) is 6.42 Å². The molecular formula is C14H18N2O3S. The number of para-hydroxylation sites is 1. The molecule has 1 N–H and O–H groups in total. The van der Waals surface area contributed by atoms with Gasteiger partial charge in [-0.3, -0.25) is 9.59 Å². The van der Waals surface area contributed by atoms with Crippen molar-refractivity contribution in [3.63, 3.8) is 0 Å². The molecule has 1 fully saturated rings. The van der Waals surface area contributed by atoms with E-state index in [-0.39, 0.29) is 17.7 Å². The van der Waals surface area contributed by atoms with Gasteiger partial charge in [0, 0.05) is 18.8 Å². The molecule has 0 aromatic heterocycles. The van der Waals surface area contributed by atoms with Crippen molar-refractivity contribution >= 4 is 22.9 Å². The molecule has 2 rings (SSSR count). The lowest BCUT2D eigenvalue weighted by molar-refractivity contribution is -0.121. The Bertz CT molecular complexity index is 453. The fourth-order valence-corrected chi connectivity index (χ4v) is 2.63. The molecule has 0 radical (unpaired) electrons. The van der Waals surface area contributed by atoms with E-state index >= 15 is 0 Å². The van der Waals surface area contributed by atoms with Gasteiger partial charge in [-0.15, -0.1) is 0 Å². The summed E-state index contributed by atoms with van der Waals surface area (Å²) in [6.45, 7) is 1.93. The summed E-state index contributed by atoms with van der Waals surface area (Å²) in [6, 6.07) is 9.57. The zero-order valence-corrected chi connectivity index (χ0v) is 12.0. The van der Waals surface area contributed by atoms with Crippen molar-refractivity contribution in [3.05, 3.63) is 30.3 Å². The van der Waals surface area contributed by atoms with Gasteiger partial charge >= 0.3 is 0 Å². The first-order valence-corrected chi connectivity index (χ1v) is 7.60. The summed E-state index contributed by atoms with van der Waals surface area (Å²) < 4.78 is 5.52. The average Bonchev–Trinajstić information content (AvgIpc) is 2.85. The Morgan fingerprint density at radius 3 is 2.85 bits per heavy atom. The SMILES string of the molecule is O=C(CN1CCSC1=O)NCCCOc1ccccc1. The van der Waals surface area contributed by atoms with Crippen LogP contribution in [0.25, 0.3) is 0 Å². The molecule has 0 spiro atoms. The van der Waals surface area contributed by atoms with E-state index < -0.39 is 0 Å². The number of hydrogen-bond acceptors (Lipinski definition) is 4. The Morgan fingerprint density at radius 2 is 2.15 bits per heavy atom. The Balaban J connectivity index is 1.54. The molecule has 0 atom stereocenters. The van der Waals surface area contributed by atoms with Crippen LogP contribution in [0.3, 0.4) is 0 Å². The summed E-state index contributed by atoms with van der Waals surface area (Å²) in [5.74, 6) is 1.50. The fraction of sp³-hybridized carbons (Fsp3) is 0.429. The molecule has 1 aromatic carbocycles. The molecule has 0 bridgehead atoms. The minimum absolute atomic E-state index is 0.00689. The third-order valence-corrected chi connectivity index (χ3v) is 3.73. The number of rotatable bonds is 7. The number of amides is 2. The highest BCUT2D eigenvalue weighted by atomic mass is 32.2. The van der Waals surface area contributed by atoms with Gasteiger partial charge in [-0.1, -0.05) is 30.0 Å². The van der Waals surface area contributed by atoms with Crippen LogP contribution < -0.4 is 10.1 Å². The van der Waals surface area contributed by atoms with Gasteiger partial charge in [0.05, 0.1) is 6.61 Å². The van der Waals surface area contributed by atoms with Gasteiger partial charge in [-0.05, 0) is 18.6 Å². The van der Waals surface area contributed by atoms with Crippen LogP contribution in [0, 0.1) is 0 Å². The summed E-state index contributed by atoms with van der Waals surface area (Å²) in [6.07, 6.45) is 0.739. The standard InChI is InChI=1S/C14H18N2O3S/c17-13(11-16-8-10-20-14(16)18)15-7-4-9-19-12-5-2-1-3-6-12/h1-3,5-6H,4,7-11H2,(H,15,17). The number of hydrogen-bond donors (Lipinski definition) is 1. The van der Waals surface area contributed by atoms with E-state index in [0.29, 0.717) is 19.7 Å². The van der Waals surface area contributed by atoms with Crippen molar-refractivity contribution in [2.24, 2.45) is 0 Å². The van der Waals surface area contributed by atoms with E-state index in [9.17, 15) is 9.59 Å². The number of nitrogens with zero attached hydrogens (tertiary/aromatic N) is 1. The highest BCUT2D eigenvalue weighted by Crippen LogP contribution is 2.16. The van der Waals surface area contributed by atoms with Gasteiger partial charge < -0.3 is 15.0 Å². The van der Waals surface area contributed by atoms with Crippen LogP contribution in [0.2, 0.25) is 0 Å². The summed E-state index contributed by atoms with van der Waals surface area (Å²) in [4.78, 5) is 24.5. The molecule has 0 aliphatic carbocycles. The zero-order valence-electron chi connectivity index (χ0n) is 11.2. The maximum absolute atomic E-state index is 11.6. The molecule has 1 heterocycles. The van der Waals surface area contributed by atoms with E-state index in [1.807, 2.05) is 30.3 Å². The molecule has 20 heavy (non-hydrogen) atoms. The van der Waals surface area contributed by atoms with Crippen LogP contribution in [0.5, 0.6) is 5.75 Å². The van der Waals surface area contributed by atoms with Crippen molar-refractivity contribution < 1.29 is 14.3 Å². The van der Waals surface area contributed by atoms with E-state index in [2.05, 4.69) is 5.32 Å². The van der Waals surface area contributed by atoms with Gasteiger partial charge in [-0.2, -0.15) is 0 Å². The van der Waals surface area contributed by atoms with E-state index in [0.717, 1.165) is 17.9 Å². The van der Waals surface area contributed by atoms with E-state index in [4.69, 9.17) is 4.74 Å². The molecule has 1 aliphatic heterocycles. The van der Waals surface area contributed by atoms with Gasteiger partial charge in [0.1, 0.15) is 12.3 Å². The minimum Gasteiger partial charge on any atom is -0.494 e. The fourth-order valence-electron chi connectivity index (χ4n) is 1.81. The molecule has 2 amide bonds. The van der Waals surface area contributed by atoms with Crippen LogP contribution in [0.4, 0.5) is 4.79 Å². The predicted octanol–water partition coefficient (Wildman–Crippen LogP) is 1.74. The highest BCUT2D eigenvalue weighted by molar-refractivity contribution is 8.13. The molecule has 0 unspecified atom stereocenters. The third kappa shape index (κ3) is 4.77. The Hall–Kier alpha value is -1.69. The van der Waals surface area contributed by atoms with Crippen LogP contribution in [0.1, 0.15) is 6.42 Å². The summed E-state index contributed by atoms with van der Waals surface area (Å²) in [5.41, 5.74) is 0. The van der Waals surface area contributed by atoms with Crippen LogP contribution in [-0.2, 0) is 4.79 Å². The number of ether oxygens (including phenoxy) is 1. The van der Waals surface area contributed by atoms with Crippen molar-refractivity contribution in [1.29, 1.82) is 0 Å². The smallest absolute Gasteiger partial charge is 0.282 e. The normalized spacial score (nSPS) is 14.4. The van der Waals surface area contributed by atoms with Crippen LogP contribution >= 0.6 is 11.8 Å². The lowest BCUT2D eigenvalue weighted by atomic mass is 10.3. The van der Waals surface area contributed by atoms with Crippen LogP contribution in [-0.4, -0.2) is 48.0 Å². The number of carbonyl (C=O) groups excluding carboxylic acids is 2. The number of benzene rings is 1. The maximum atomic E-state index is 11.6. The lowest BCUT2D eigenvalue weighted by Crippen LogP contribution is -2.37. The molecule has 1 saturated heterocycles. The average molecular weight is 294 g/mol. The minimum atomic E-state index is -0.111. The molecule has 5 nitrogen and oxygen atoms in total. The topological polar surface area (TPSA) is 58.6 Å². The molecule has 6 heteroatoms. The third-order valence-electron chi connectivity index (χ3n) is 2.83. The molecular weight excluding hydrogens is 276 g/mol. The van der Waals surface area contributed by atoms with E-state index in [1.54, 1.807) is 4.90 Å². The van der Waals surface area contributed by atoms with Gasteiger partial charge in [0.25, 0.3) is 5.24 Å². The first kappa shape index (κ1) is 14.7. The highest BCUT2D eigenvalue weighted by Gasteiger charge is 2.22. The lowest BCUT2D eigenvalue weighted by Gasteiger charge is -2.14. The zero-order chi connectivity index (χ0) is 14.2. The van der Waals surface area contributed by atoms with Gasteiger partial charge in [0.2, 0.25) is 5.91 Å². The van der Waals surface area contributed by atoms with Gasteiger partial charge in [0.15, 0.2) is 0 Å².